The van der Waals surface area contributed by atoms with Crippen LogP contribution in [0.3, 0.4) is 0 Å². The van der Waals surface area contributed by atoms with Gasteiger partial charge in [-0.25, -0.2) is 4.57 Å². The fraction of sp³-hybridized carbons (Fsp3) is 0.0526. The first kappa shape index (κ1) is 21.4. The van der Waals surface area contributed by atoms with Gasteiger partial charge in [-0.1, -0.05) is 29.3 Å². The Kier molecular flexibility index (Phi) is 6.32. The molecule has 0 atom stereocenters. The second-order valence-electron chi connectivity index (χ2n) is 5.78. The van der Waals surface area contributed by atoms with E-state index in [-0.39, 0.29) is 17.2 Å². The maximum atomic E-state index is 13.3. The number of hydrogen-bond donors (Lipinski definition) is 1. The molecule has 0 aliphatic carbocycles. The fourth-order valence-electron chi connectivity index (χ4n) is 2.26. The Balaban J connectivity index is 1.92. The van der Waals surface area contributed by atoms with Gasteiger partial charge in [-0.3, -0.25) is 5.09 Å². The van der Waals surface area contributed by atoms with E-state index in [9.17, 15) is 17.7 Å². The molecule has 0 heterocycles. The van der Waals surface area contributed by atoms with Crippen LogP contribution in [0.25, 0.3) is 0 Å². The first-order valence-electron chi connectivity index (χ1n) is 8.09. The van der Waals surface area contributed by atoms with Crippen molar-refractivity contribution in [2.45, 2.75) is 6.18 Å². The molecule has 4 nitrogen and oxygen atoms in total. The van der Waals surface area contributed by atoms with E-state index >= 15 is 0 Å². The molecule has 0 aliphatic heterocycles. The normalized spacial score (nSPS) is 11.8. The van der Waals surface area contributed by atoms with E-state index < -0.39 is 19.5 Å². The van der Waals surface area contributed by atoms with E-state index in [4.69, 9.17) is 32.2 Å². The molecule has 0 saturated carbocycles. The molecular weight excluding hydrogens is 449 g/mol. The third-order valence-corrected chi connectivity index (χ3v) is 5.47. The third kappa shape index (κ3) is 6.07. The number of nitrogens with one attached hydrogen (secondary N) is 1. The van der Waals surface area contributed by atoms with Gasteiger partial charge in [0, 0.05) is 15.7 Å². The molecular formula is C19H13Cl2F3NO3P. The van der Waals surface area contributed by atoms with Crippen molar-refractivity contribution in [2.24, 2.45) is 0 Å². The average molecular weight is 462 g/mol. The number of alkyl halides is 3. The summed E-state index contributed by atoms with van der Waals surface area (Å²) in [5.74, 6) is 0.289. The smallest absolute Gasteiger partial charge is 0.400 e. The van der Waals surface area contributed by atoms with E-state index in [1.807, 2.05) is 0 Å². The molecule has 0 fully saturated rings. The van der Waals surface area contributed by atoms with Crippen LogP contribution in [0.15, 0.2) is 72.8 Å². The van der Waals surface area contributed by atoms with Crippen LogP contribution < -0.4 is 14.1 Å². The van der Waals surface area contributed by atoms with E-state index in [0.717, 1.165) is 12.1 Å². The van der Waals surface area contributed by atoms with Crippen molar-refractivity contribution in [2.75, 3.05) is 5.09 Å². The van der Waals surface area contributed by atoms with Crippen LogP contribution >= 0.6 is 30.9 Å². The summed E-state index contributed by atoms with van der Waals surface area (Å²) in [5.41, 5.74) is -1.00. The molecule has 10 heteroatoms. The van der Waals surface area contributed by atoms with Gasteiger partial charge in [-0.15, -0.1) is 0 Å². The van der Waals surface area contributed by atoms with Crippen LogP contribution in [0.4, 0.5) is 18.9 Å². The topological polar surface area (TPSA) is 47.6 Å². The van der Waals surface area contributed by atoms with Crippen LogP contribution in [0.5, 0.6) is 11.5 Å². The van der Waals surface area contributed by atoms with Gasteiger partial charge in [0.2, 0.25) is 0 Å². The summed E-state index contributed by atoms with van der Waals surface area (Å²) >= 11 is 11.7. The lowest BCUT2D eigenvalue weighted by molar-refractivity contribution is -0.137. The fourth-order valence-corrected chi connectivity index (χ4v) is 3.89. The molecule has 3 aromatic carbocycles. The summed E-state index contributed by atoms with van der Waals surface area (Å²) in [6, 6.07) is 16.0. The minimum atomic E-state index is -4.56. The highest BCUT2D eigenvalue weighted by Gasteiger charge is 2.33. The van der Waals surface area contributed by atoms with Crippen LogP contribution in [0.1, 0.15) is 5.56 Å². The largest absolute Gasteiger partial charge is 0.541 e. The monoisotopic (exact) mass is 461 g/mol. The van der Waals surface area contributed by atoms with E-state index in [1.54, 1.807) is 0 Å². The van der Waals surface area contributed by atoms with Crippen molar-refractivity contribution < 1.29 is 26.8 Å². The SMILES string of the molecule is O=P(Nc1cccc(C(F)(F)F)c1)(Oc1ccc(Cl)cc1)Oc1ccc(Cl)cc1. The molecule has 0 spiro atoms. The van der Waals surface area contributed by atoms with Crippen molar-refractivity contribution in [1.82, 2.24) is 0 Å². The number of hydrogen-bond acceptors (Lipinski definition) is 3. The number of halogens is 5. The summed E-state index contributed by atoms with van der Waals surface area (Å²) in [5, 5.41) is 3.29. The van der Waals surface area contributed by atoms with Gasteiger partial charge < -0.3 is 9.05 Å². The van der Waals surface area contributed by atoms with Gasteiger partial charge in [-0.05, 0) is 66.7 Å². The molecule has 0 aliphatic rings. The van der Waals surface area contributed by atoms with Gasteiger partial charge in [0.05, 0.1) is 5.56 Å². The predicted octanol–water partition coefficient (Wildman–Crippen LogP) is 7.69. The van der Waals surface area contributed by atoms with Gasteiger partial charge >= 0.3 is 13.9 Å². The first-order chi connectivity index (χ1) is 13.6. The minimum Gasteiger partial charge on any atom is -0.400 e. The molecule has 3 rings (SSSR count). The van der Waals surface area contributed by atoms with Crippen LogP contribution in [-0.2, 0) is 10.7 Å². The molecule has 0 radical (unpaired) electrons. The van der Waals surface area contributed by atoms with Crippen LogP contribution in [0.2, 0.25) is 10.0 Å². The molecule has 0 aromatic heterocycles. The van der Waals surface area contributed by atoms with E-state index in [2.05, 4.69) is 5.09 Å². The maximum absolute atomic E-state index is 13.3. The molecule has 0 bridgehead atoms. The Bertz CT molecular complexity index is 977. The highest BCUT2D eigenvalue weighted by molar-refractivity contribution is 7.56. The quantitative estimate of drug-likeness (QED) is 0.382. The number of rotatable bonds is 6. The first-order valence-corrected chi connectivity index (χ1v) is 10.4. The zero-order valence-corrected chi connectivity index (χ0v) is 16.9. The highest BCUT2D eigenvalue weighted by atomic mass is 35.5. The Morgan fingerprint density at radius 2 is 1.28 bits per heavy atom. The summed E-state index contributed by atoms with van der Waals surface area (Å²) in [6.45, 7) is 0. The average Bonchev–Trinajstić information content (AvgIpc) is 2.65. The van der Waals surface area contributed by atoms with Gasteiger partial charge in [0.15, 0.2) is 0 Å². The predicted molar refractivity (Wildman–Crippen MR) is 107 cm³/mol. The maximum Gasteiger partial charge on any atom is 0.541 e. The number of benzene rings is 3. The van der Waals surface area contributed by atoms with E-state index in [0.29, 0.717) is 10.0 Å². The Morgan fingerprint density at radius 3 is 1.72 bits per heavy atom. The van der Waals surface area contributed by atoms with Crippen molar-refractivity contribution in [3.8, 4) is 11.5 Å². The summed E-state index contributed by atoms with van der Waals surface area (Å²) in [7, 11) is -4.19. The standard InChI is InChI=1S/C19H13Cl2F3NO3P/c20-14-4-8-17(9-5-14)27-29(26,28-18-10-6-15(21)7-11-18)25-16-3-1-2-13(12-16)19(22,23)24/h1-12H,(H,25,26). The Hall–Kier alpha value is -2.34. The molecule has 0 amide bonds. The van der Waals surface area contributed by atoms with E-state index in [1.165, 1.54) is 60.7 Å². The molecule has 3 aromatic rings. The summed E-state index contributed by atoms with van der Waals surface area (Å²) in [4.78, 5) is 0. The minimum absolute atomic E-state index is 0.0916. The van der Waals surface area contributed by atoms with Crippen LogP contribution in [-0.4, -0.2) is 0 Å². The van der Waals surface area contributed by atoms with Crippen molar-refractivity contribution in [3.63, 3.8) is 0 Å². The number of anilines is 1. The zero-order valence-electron chi connectivity index (χ0n) is 14.5. The third-order valence-electron chi connectivity index (χ3n) is 3.53. The molecule has 1 N–H and O–H groups in total. The summed E-state index contributed by atoms with van der Waals surface area (Å²) in [6.07, 6.45) is -4.56. The second kappa shape index (κ2) is 8.57. The second-order valence-corrected chi connectivity index (χ2v) is 8.23. The lowest BCUT2D eigenvalue weighted by Crippen LogP contribution is -2.11. The Morgan fingerprint density at radius 1 is 0.793 bits per heavy atom. The van der Waals surface area contributed by atoms with Gasteiger partial charge in [0.25, 0.3) is 0 Å². The summed E-state index contributed by atoms with van der Waals surface area (Å²) < 4.78 is 63.2. The van der Waals surface area contributed by atoms with Crippen molar-refractivity contribution in [3.05, 3.63) is 88.4 Å². The van der Waals surface area contributed by atoms with Gasteiger partial charge in [0.1, 0.15) is 11.5 Å². The molecule has 152 valence electrons. The molecule has 0 unspecified atom stereocenters. The van der Waals surface area contributed by atoms with Crippen LogP contribution in [0, 0.1) is 0 Å². The van der Waals surface area contributed by atoms with Gasteiger partial charge in [-0.2, -0.15) is 13.2 Å². The molecule has 29 heavy (non-hydrogen) atoms. The lowest BCUT2D eigenvalue weighted by atomic mass is 10.2. The molecule has 0 saturated heterocycles. The van der Waals surface area contributed by atoms with Crippen molar-refractivity contribution >= 4 is 36.6 Å². The van der Waals surface area contributed by atoms with Crippen molar-refractivity contribution in [1.29, 1.82) is 0 Å². The highest BCUT2D eigenvalue weighted by Crippen LogP contribution is 2.49. The zero-order chi connectivity index (χ0) is 21.1. The Labute approximate surface area is 174 Å². The lowest BCUT2D eigenvalue weighted by Gasteiger charge is -2.21.